The number of carbonyl (C=O) groups is 3. The number of primary amides is 1. The average Bonchev–Trinajstić information content (AvgIpc) is 2.24. The fourth-order valence-corrected chi connectivity index (χ4v) is 0.499. The molecule has 100 valence electrons. The number of carboxylic acid groups (broad SMARTS) is 2. The van der Waals surface area contributed by atoms with Crippen molar-refractivity contribution in [2.75, 3.05) is 6.61 Å². The van der Waals surface area contributed by atoms with Crippen molar-refractivity contribution < 1.29 is 29.7 Å². The molecule has 0 saturated heterocycles. The van der Waals surface area contributed by atoms with Crippen LogP contribution < -0.4 is 17.2 Å². The van der Waals surface area contributed by atoms with E-state index < -0.39 is 36.5 Å². The zero-order valence-electron chi connectivity index (χ0n) is 9.07. The number of aliphatic carboxylic acids is 2. The lowest BCUT2D eigenvalue weighted by Crippen LogP contribution is -2.33. The maximum absolute atomic E-state index is 10.1. The molecule has 17 heavy (non-hydrogen) atoms. The topological polar surface area (TPSA) is 190 Å². The highest BCUT2D eigenvalue weighted by atomic mass is 16.4. The van der Waals surface area contributed by atoms with Crippen LogP contribution in [0.15, 0.2) is 0 Å². The molecule has 2 atom stereocenters. The molecule has 0 aliphatic rings. The summed E-state index contributed by atoms with van der Waals surface area (Å²) in [5, 5.41) is 24.1. The largest absolute Gasteiger partial charge is 0.480 e. The fraction of sp³-hybridized carbons (Fsp3) is 0.625. The summed E-state index contributed by atoms with van der Waals surface area (Å²) in [6.07, 6.45) is 0.123. The van der Waals surface area contributed by atoms with E-state index in [0.29, 0.717) is 0 Å². The molecule has 0 spiro atoms. The number of hydrogen-bond acceptors (Lipinski definition) is 6. The second-order valence-electron chi connectivity index (χ2n) is 3.08. The molecule has 0 aromatic heterocycles. The van der Waals surface area contributed by atoms with Gasteiger partial charge in [-0.3, -0.25) is 14.4 Å². The molecular weight excluding hydrogens is 234 g/mol. The number of nitrogens with two attached hydrogens (primary N) is 3. The quantitative estimate of drug-likeness (QED) is 0.288. The van der Waals surface area contributed by atoms with Crippen molar-refractivity contribution in [1.82, 2.24) is 0 Å². The van der Waals surface area contributed by atoms with E-state index in [1.807, 2.05) is 0 Å². The number of rotatable bonds is 6. The summed E-state index contributed by atoms with van der Waals surface area (Å²) in [5.41, 5.74) is 14.6. The van der Waals surface area contributed by atoms with Gasteiger partial charge in [-0.15, -0.1) is 0 Å². The second-order valence-corrected chi connectivity index (χ2v) is 3.08. The molecule has 9 nitrogen and oxygen atoms in total. The highest BCUT2D eigenvalue weighted by Crippen LogP contribution is 1.92. The number of carboxylic acids is 2. The molecule has 0 aliphatic carbocycles. The van der Waals surface area contributed by atoms with Gasteiger partial charge in [-0.2, -0.15) is 0 Å². The van der Waals surface area contributed by atoms with Gasteiger partial charge in [-0.05, 0) is 6.42 Å². The van der Waals surface area contributed by atoms with E-state index >= 15 is 0 Å². The molecule has 1 amide bonds. The second kappa shape index (κ2) is 9.51. The summed E-state index contributed by atoms with van der Waals surface area (Å²) in [6, 6.07) is -2.10. The normalized spacial score (nSPS) is 12.9. The van der Waals surface area contributed by atoms with Gasteiger partial charge in [0.1, 0.15) is 12.1 Å². The summed E-state index contributed by atoms with van der Waals surface area (Å²) in [6.45, 7) is -0.505. The van der Waals surface area contributed by atoms with E-state index in [0.717, 1.165) is 0 Å². The third kappa shape index (κ3) is 12.2. The Bertz CT molecular complexity index is 270. The zero-order chi connectivity index (χ0) is 14.0. The van der Waals surface area contributed by atoms with Gasteiger partial charge < -0.3 is 32.5 Å². The Kier molecular flexibility index (Phi) is 9.89. The molecule has 0 rings (SSSR count). The number of aliphatic hydroxyl groups is 1. The van der Waals surface area contributed by atoms with Crippen molar-refractivity contribution in [3.05, 3.63) is 0 Å². The first-order chi connectivity index (χ1) is 7.72. The van der Waals surface area contributed by atoms with Gasteiger partial charge in [0, 0.05) is 6.42 Å². The van der Waals surface area contributed by atoms with Crippen molar-refractivity contribution in [1.29, 1.82) is 0 Å². The number of hydrogen-bond donors (Lipinski definition) is 6. The van der Waals surface area contributed by atoms with Crippen LogP contribution in [0, 0.1) is 0 Å². The van der Waals surface area contributed by atoms with E-state index in [-0.39, 0.29) is 12.8 Å². The standard InChI is InChI=1S/C5H10N2O3.C3H7NO3/c6-3(5(9)10)1-2-4(7)8;4-2(1-5)3(6)7/h3H,1-2,6H2,(H2,7,8)(H,9,10);2,5H,1,4H2,(H,6,7). The van der Waals surface area contributed by atoms with E-state index in [2.05, 4.69) is 0 Å². The Hall–Kier alpha value is -1.71. The van der Waals surface area contributed by atoms with E-state index in [1.165, 1.54) is 0 Å². The Balaban J connectivity index is 0. The van der Waals surface area contributed by atoms with Crippen LogP contribution in [0.3, 0.4) is 0 Å². The van der Waals surface area contributed by atoms with Crippen molar-refractivity contribution in [3.63, 3.8) is 0 Å². The van der Waals surface area contributed by atoms with Crippen LogP contribution in [-0.4, -0.2) is 51.9 Å². The van der Waals surface area contributed by atoms with Gasteiger partial charge in [0.15, 0.2) is 0 Å². The summed E-state index contributed by atoms with van der Waals surface area (Å²) < 4.78 is 0. The third-order valence-corrected chi connectivity index (χ3v) is 1.53. The minimum absolute atomic E-state index is 0.0213. The molecule has 2 unspecified atom stereocenters. The van der Waals surface area contributed by atoms with Gasteiger partial charge in [-0.1, -0.05) is 0 Å². The van der Waals surface area contributed by atoms with Gasteiger partial charge >= 0.3 is 11.9 Å². The molecule has 0 radical (unpaired) electrons. The van der Waals surface area contributed by atoms with Crippen LogP contribution in [0.25, 0.3) is 0 Å². The first-order valence-electron chi connectivity index (χ1n) is 4.58. The highest BCUT2D eigenvalue weighted by Gasteiger charge is 2.11. The highest BCUT2D eigenvalue weighted by molar-refractivity contribution is 5.77. The minimum atomic E-state index is -1.18. The van der Waals surface area contributed by atoms with Gasteiger partial charge in [0.05, 0.1) is 6.61 Å². The molecular formula is C8H17N3O6. The molecule has 0 aromatic carbocycles. The van der Waals surface area contributed by atoms with E-state index in [9.17, 15) is 14.4 Å². The predicted octanol–water partition coefficient (Wildman–Crippen LogP) is -2.95. The third-order valence-electron chi connectivity index (χ3n) is 1.53. The lowest BCUT2D eigenvalue weighted by Gasteiger charge is -2.01. The van der Waals surface area contributed by atoms with Crippen LogP contribution in [0.2, 0.25) is 0 Å². The smallest absolute Gasteiger partial charge is 0.322 e. The minimum Gasteiger partial charge on any atom is -0.480 e. The van der Waals surface area contributed by atoms with Crippen LogP contribution in [-0.2, 0) is 14.4 Å². The molecule has 9 heteroatoms. The van der Waals surface area contributed by atoms with E-state index in [4.69, 9.17) is 32.5 Å². The monoisotopic (exact) mass is 251 g/mol. The molecule has 0 fully saturated rings. The SMILES string of the molecule is NC(=O)CCC(N)C(=O)O.NC(CO)C(=O)O. The molecule has 9 N–H and O–H groups in total. The van der Waals surface area contributed by atoms with Gasteiger partial charge in [0.25, 0.3) is 0 Å². The molecule has 0 heterocycles. The van der Waals surface area contributed by atoms with Crippen molar-refractivity contribution in [3.8, 4) is 0 Å². The number of amides is 1. The maximum Gasteiger partial charge on any atom is 0.322 e. The number of aliphatic hydroxyl groups excluding tert-OH is 1. The molecule has 0 bridgehead atoms. The van der Waals surface area contributed by atoms with Crippen LogP contribution in [0.1, 0.15) is 12.8 Å². The fourth-order valence-electron chi connectivity index (χ4n) is 0.499. The maximum atomic E-state index is 10.1. The van der Waals surface area contributed by atoms with Crippen molar-refractivity contribution in [2.24, 2.45) is 17.2 Å². The van der Waals surface area contributed by atoms with Crippen LogP contribution in [0.5, 0.6) is 0 Å². The Morgan fingerprint density at radius 2 is 1.41 bits per heavy atom. The zero-order valence-corrected chi connectivity index (χ0v) is 9.07. The lowest BCUT2D eigenvalue weighted by molar-refractivity contribution is -0.140. The van der Waals surface area contributed by atoms with Gasteiger partial charge in [-0.25, -0.2) is 0 Å². The Morgan fingerprint density at radius 1 is 1.00 bits per heavy atom. The number of carbonyl (C=O) groups excluding carboxylic acids is 1. The van der Waals surface area contributed by atoms with Crippen LogP contribution >= 0.6 is 0 Å². The van der Waals surface area contributed by atoms with Crippen molar-refractivity contribution in [2.45, 2.75) is 24.9 Å². The molecule has 0 aromatic rings. The van der Waals surface area contributed by atoms with E-state index in [1.54, 1.807) is 0 Å². The summed E-state index contributed by atoms with van der Waals surface area (Å²) in [4.78, 5) is 29.8. The first-order valence-corrected chi connectivity index (χ1v) is 4.58. The predicted molar refractivity (Wildman–Crippen MR) is 56.7 cm³/mol. The summed E-state index contributed by atoms with van der Waals surface area (Å²) in [5.74, 6) is -2.82. The molecule has 0 aliphatic heterocycles. The summed E-state index contributed by atoms with van der Waals surface area (Å²) in [7, 11) is 0. The summed E-state index contributed by atoms with van der Waals surface area (Å²) >= 11 is 0. The molecule has 0 saturated carbocycles. The van der Waals surface area contributed by atoms with Crippen molar-refractivity contribution >= 4 is 17.8 Å². The first kappa shape index (κ1) is 17.7. The van der Waals surface area contributed by atoms with Crippen LogP contribution in [0.4, 0.5) is 0 Å². The van der Waals surface area contributed by atoms with Gasteiger partial charge in [0.2, 0.25) is 5.91 Å². The average molecular weight is 251 g/mol. The Morgan fingerprint density at radius 3 is 1.59 bits per heavy atom. The lowest BCUT2D eigenvalue weighted by atomic mass is 10.2. The Labute approximate surface area is 97.2 Å².